The summed E-state index contributed by atoms with van der Waals surface area (Å²) in [6, 6.07) is 7.34. The van der Waals surface area contributed by atoms with Gasteiger partial charge in [0.1, 0.15) is 11.8 Å². The van der Waals surface area contributed by atoms with Crippen molar-refractivity contribution in [2.24, 2.45) is 5.92 Å². The van der Waals surface area contributed by atoms with Crippen LogP contribution in [-0.2, 0) is 14.3 Å². The van der Waals surface area contributed by atoms with Gasteiger partial charge < -0.3 is 19.4 Å². The van der Waals surface area contributed by atoms with Crippen molar-refractivity contribution in [1.82, 2.24) is 14.8 Å². The molecule has 2 aliphatic rings. The minimum Gasteiger partial charge on any atom is -0.495 e. The quantitative estimate of drug-likeness (QED) is 0.239. The van der Waals surface area contributed by atoms with Crippen molar-refractivity contribution in [1.29, 1.82) is 0 Å². The van der Waals surface area contributed by atoms with E-state index in [2.05, 4.69) is 22.1 Å². The number of aromatic nitrogens is 1. The van der Waals surface area contributed by atoms with Crippen LogP contribution in [0.25, 0.3) is 17.0 Å². The highest BCUT2D eigenvalue weighted by Crippen LogP contribution is 2.37. The van der Waals surface area contributed by atoms with Gasteiger partial charge in [-0.1, -0.05) is 12.1 Å². The number of H-pyrrole nitrogens is 1. The Hall–Kier alpha value is -3.79. The topological polar surface area (TPSA) is 74.9 Å². The summed E-state index contributed by atoms with van der Waals surface area (Å²) in [5.41, 5.74) is 2.32. The van der Waals surface area contributed by atoms with E-state index in [1.54, 1.807) is 12.0 Å². The number of likely N-dealkylation sites (tertiary alicyclic amines) is 2. The van der Waals surface area contributed by atoms with Gasteiger partial charge in [0.05, 0.1) is 19.7 Å². The summed E-state index contributed by atoms with van der Waals surface area (Å²) in [5.74, 6) is -3.52. The Bertz CT molecular complexity index is 1420. The van der Waals surface area contributed by atoms with Gasteiger partial charge in [0.15, 0.2) is 17.5 Å². The molecule has 1 N–H and O–H groups in total. The van der Waals surface area contributed by atoms with Crippen molar-refractivity contribution in [2.75, 3.05) is 40.4 Å². The molecule has 218 valence electrons. The fourth-order valence-electron chi connectivity index (χ4n) is 6.29. The molecule has 0 saturated carbocycles. The fourth-order valence-corrected chi connectivity index (χ4v) is 6.29. The van der Waals surface area contributed by atoms with E-state index in [1.165, 1.54) is 24.8 Å². The Kier molecular flexibility index (Phi) is 8.68. The third kappa shape index (κ3) is 5.98. The minimum atomic E-state index is -1.54. The Labute approximate surface area is 236 Å². The Balaban J connectivity index is 1.20. The van der Waals surface area contributed by atoms with E-state index in [9.17, 15) is 22.8 Å². The van der Waals surface area contributed by atoms with Crippen LogP contribution in [0.1, 0.15) is 42.7 Å². The number of fused-ring (bicyclic) bond motifs is 1. The second-order valence-corrected chi connectivity index (χ2v) is 10.7. The standard InChI is InChI=1S/C31H34F3N3O4/c1-40-26-5-3-4-22-23(18-35-29(22)26)20-8-14-37(15-9-20)30(31(39)41-2)21-10-12-36(13-11-21)27(38)7-6-19-16-24(32)28(34)25(33)17-19/h3-7,16-18,20-21,30,35H,8-15H2,1-2H3. The number of piperidine rings is 2. The lowest BCUT2D eigenvalue weighted by atomic mass is 9.84. The van der Waals surface area contributed by atoms with E-state index in [1.807, 2.05) is 12.1 Å². The van der Waals surface area contributed by atoms with Crippen LogP contribution in [0.15, 0.2) is 42.6 Å². The van der Waals surface area contributed by atoms with E-state index < -0.39 is 17.5 Å². The monoisotopic (exact) mass is 569 g/mol. The zero-order chi connectivity index (χ0) is 29.1. The van der Waals surface area contributed by atoms with E-state index in [0.717, 1.165) is 54.7 Å². The molecule has 2 saturated heterocycles. The summed E-state index contributed by atoms with van der Waals surface area (Å²) in [6.45, 7) is 2.41. The lowest BCUT2D eigenvalue weighted by Crippen LogP contribution is -2.52. The van der Waals surface area contributed by atoms with Crippen molar-refractivity contribution in [3.8, 4) is 5.75 Å². The number of aromatic amines is 1. The molecule has 0 radical (unpaired) electrons. The first-order valence-electron chi connectivity index (χ1n) is 13.9. The molecule has 10 heteroatoms. The normalized spacial score (nSPS) is 18.2. The van der Waals surface area contributed by atoms with Crippen LogP contribution >= 0.6 is 0 Å². The number of para-hydroxylation sites is 1. The van der Waals surface area contributed by atoms with E-state index >= 15 is 0 Å². The molecular weight excluding hydrogens is 535 g/mol. The highest BCUT2D eigenvalue weighted by molar-refractivity contribution is 5.92. The summed E-state index contributed by atoms with van der Waals surface area (Å²) in [5, 5.41) is 1.16. The number of halogens is 3. The second-order valence-electron chi connectivity index (χ2n) is 10.7. The molecular formula is C31H34F3N3O4. The maximum absolute atomic E-state index is 13.5. The van der Waals surface area contributed by atoms with Gasteiger partial charge in [-0.3, -0.25) is 14.5 Å². The number of carbonyl (C=O) groups is 2. The van der Waals surface area contributed by atoms with Gasteiger partial charge in [0, 0.05) is 30.7 Å². The van der Waals surface area contributed by atoms with Gasteiger partial charge in [-0.2, -0.15) is 0 Å². The number of methoxy groups -OCH3 is 2. The smallest absolute Gasteiger partial charge is 0.323 e. The minimum absolute atomic E-state index is 0.0321. The summed E-state index contributed by atoms with van der Waals surface area (Å²) in [6.07, 6.45) is 7.63. The Morgan fingerprint density at radius 1 is 1.00 bits per heavy atom. The molecule has 0 bridgehead atoms. The predicted molar refractivity (Wildman–Crippen MR) is 149 cm³/mol. The Morgan fingerprint density at radius 2 is 1.68 bits per heavy atom. The maximum atomic E-state index is 13.5. The first-order chi connectivity index (χ1) is 19.8. The molecule has 0 aliphatic carbocycles. The zero-order valence-electron chi connectivity index (χ0n) is 23.2. The summed E-state index contributed by atoms with van der Waals surface area (Å²) in [7, 11) is 3.07. The number of amides is 1. The number of nitrogens with zero attached hydrogens (tertiary/aromatic N) is 2. The molecule has 1 aromatic heterocycles. The van der Waals surface area contributed by atoms with E-state index in [4.69, 9.17) is 9.47 Å². The SMILES string of the molecule is COC(=O)C(C1CCN(C(=O)C=Cc2cc(F)c(F)c(F)c2)CC1)N1CCC(c2c[nH]c3c(OC)cccc23)CC1. The van der Waals surface area contributed by atoms with Gasteiger partial charge in [0.25, 0.3) is 0 Å². The number of carbonyl (C=O) groups excluding carboxylic acids is 2. The molecule has 1 unspecified atom stereocenters. The molecule has 2 fully saturated rings. The van der Waals surface area contributed by atoms with Crippen molar-refractivity contribution in [3.05, 3.63) is 71.2 Å². The number of esters is 1. The van der Waals surface area contributed by atoms with Crippen LogP contribution in [0.2, 0.25) is 0 Å². The maximum Gasteiger partial charge on any atom is 0.323 e. The molecule has 2 aromatic carbocycles. The van der Waals surface area contributed by atoms with Crippen LogP contribution in [-0.4, -0.2) is 73.1 Å². The first-order valence-corrected chi connectivity index (χ1v) is 13.9. The number of rotatable bonds is 7. The summed E-state index contributed by atoms with van der Waals surface area (Å²) < 4.78 is 50.9. The van der Waals surface area contributed by atoms with Gasteiger partial charge in [-0.15, -0.1) is 0 Å². The van der Waals surface area contributed by atoms with Gasteiger partial charge >= 0.3 is 5.97 Å². The lowest BCUT2D eigenvalue weighted by Gasteiger charge is -2.42. The molecule has 2 aliphatic heterocycles. The van der Waals surface area contributed by atoms with Gasteiger partial charge in [0.2, 0.25) is 5.91 Å². The molecule has 0 spiro atoms. The average Bonchev–Trinajstić information content (AvgIpc) is 3.44. The molecule has 7 nitrogen and oxygen atoms in total. The molecule has 1 amide bonds. The number of ether oxygens (including phenoxy) is 2. The number of hydrogen-bond acceptors (Lipinski definition) is 5. The van der Waals surface area contributed by atoms with Crippen LogP contribution in [0.4, 0.5) is 13.2 Å². The highest BCUT2D eigenvalue weighted by atomic mass is 19.2. The van der Waals surface area contributed by atoms with Crippen LogP contribution in [0.3, 0.4) is 0 Å². The number of nitrogens with one attached hydrogen (secondary N) is 1. The first kappa shape index (κ1) is 28.7. The van der Waals surface area contributed by atoms with Crippen molar-refractivity contribution >= 4 is 28.9 Å². The van der Waals surface area contributed by atoms with E-state index in [-0.39, 0.29) is 29.4 Å². The van der Waals surface area contributed by atoms with Crippen molar-refractivity contribution < 1.29 is 32.2 Å². The third-order valence-electron chi connectivity index (χ3n) is 8.46. The molecule has 3 heterocycles. The van der Waals surface area contributed by atoms with Crippen LogP contribution in [0.5, 0.6) is 5.75 Å². The fraction of sp³-hybridized carbons (Fsp3) is 0.419. The summed E-state index contributed by atoms with van der Waals surface area (Å²) >= 11 is 0. The van der Waals surface area contributed by atoms with Crippen LogP contribution in [0, 0.1) is 23.4 Å². The molecule has 41 heavy (non-hydrogen) atoms. The number of benzene rings is 2. The number of hydrogen-bond donors (Lipinski definition) is 1. The van der Waals surface area contributed by atoms with E-state index in [0.29, 0.717) is 31.8 Å². The molecule has 1 atom stereocenters. The second kappa shape index (κ2) is 12.4. The molecule has 3 aromatic rings. The largest absolute Gasteiger partial charge is 0.495 e. The lowest BCUT2D eigenvalue weighted by molar-refractivity contribution is -0.151. The van der Waals surface area contributed by atoms with Gasteiger partial charge in [-0.05, 0) is 86.0 Å². The van der Waals surface area contributed by atoms with Crippen molar-refractivity contribution in [3.63, 3.8) is 0 Å². The predicted octanol–water partition coefficient (Wildman–Crippen LogP) is 5.27. The summed E-state index contributed by atoms with van der Waals surface area (Å²) in [4.78, 5) is 32.9. The Morgan fingerprint density at radius 3 is 2.32 bits per heavy atom. The highest BCUT2D eigenvalue weighted by Gasteiger charge is 2.39. The average molecular weight is 570 g/mol. The third-order valence-corrected chi connectivity index (χ3v) is 8.46. The molecule has 5 rings (SSSR count). The zero-order valence-corrected chi connectivity index (χ0v) is 23.2. The van der Waals surface area contributed by atoms with Crippen molar-refractivity contribution in [2.45, 2.75) is 37.6 Å². The van der Waals surface area contributed by atoms with Gasteiger partial charge in [-0.25, -0.2) is 13.2 Å². The van der Waals surface area contributed by atoms with Crippen LogP contribution < -0.4 is 4.74 Å².